The van der Waals surface area contributed by atoms with E-state index in [0.29, 0.717) is 11.1 Å². The minimum absolute atomic E-state index is 0.0833. The number of amides is 1. The number of carbonyl (C=O) groups excluding carboxylic acids is 1. The van der Waals surface area contributed by atoms with Crippen LogP contribution in [0.5, 0.6) is 0 Å². The molecular formula is C14H14FN3O3. The molecule has 1 N–H and O–H groups in total. The van der Waals surface area contributed by atoms with E-state index in [1.54, 1.807) is 20.3 Å². The molecule has 1 aromatic heterocycles. The van der Waals surface area contributed by atoms with Crippen molar-refractivity contribution in [2.45, 2.75) is 6.54 Å². The SMILES string of the molecule is CN(C)C(=O)Cn1cc(-c2ccc(F)c(C(=O)O)c2)cn1. The van der Waals surface area contributed by atoms with Crippen LogP contribution in [0.4, 0.5) is 4.39 Å². The standard InChI is InChI=1S/C14H14FN3O3/c1-17(2)13(19)8-18-7-10(6-16-18)9-3-4-12(15)11(5-9)14(20)21/h3-7H,8H2,1-2H3,(H,20,21). The van der Waals surface area contributed by atoms with E-state index in [4.69, 9.17) is 5.11 Å². The number of carbonyl (C=O) groups is 2. The average molecular weight is 291 g/mol. The minimum Gasteiger partial charge on any atom is -0.478 e. The van der Waals surface area contributed by atoms with Crippen LogP contribution in [0.1, 0.15) is 10.4 Å². The first kappa shape index (κ1) is 14.7. The number of aromatic nitrogens is 2. The summed E-state index contributed by atoms with van der Waals surface area (Å²) in [5, 5.41) is 13.0. The van der Waals surface area contributed by atoms with Crippen LogP contribution >= 0.6 is 0 Å². The van der Waals surface area contributed by atoms with Crippen LogP contribution < -0.4 is 0 Å². The molecule has 1 amide bonds. The molecule has 0 saturated carbocycles. The number of aromatic carboxylic acids is 1. The predicted octanol–water partition coefficient (Wildman–Crippen LogP) is 1.48. The lowest BCUT2D eigenvalue weighted by Crippen LogP contribution is -2.26. The zero-order chi connectivity index (χ0) is 15.6. The number of benzene rings is 1. The molecule has 21 heavy (non-hydrogen) atoms. The van der Waals surface area contributed by atoms with Gasteiger partial charge in [-0.2, -0.15) is 5.10 Å². The first-order valence-corrected chi connectivity index (χ1v) is 6.14. The maximum Gasteiger partial charge on any atom is 0.338 e. The fraction of sp³-hybridized carbons (Fsp3) is 0.214. The van der Waals surface area contributed by atoms with Gasteiger partial charge in [-0.25, -0.2) is 9.18 Å². The van der Waals surface area contributed by atoms with Gasteiger partial charge in [0.05, 0.1) is 11.8 Å². The summed E-state index contributed by atoms with van der Waals surface area (Å²) in [6.07, 6.45) is 3.11. The molecule has 0 aliphatic rings. The van der Waals surface area contributed by atoms with Gasteiger partial charge in [0, 0.05) is 25.9 Å². The third-order valence-electron chi connectivity index (χ3n) is 2.96. The fourth-order valence-electron chi connectivity index (χ4n) is 1.75. The second-order valence-corrected chi connectivity index (χ2v) is 4.71. The normalized spacial score (nSPS) is 10.4. The molecule has 0 radical (unpaired) electrons. The molecule has 0 fully saturated rings. The Hall–Kier alpha value is -2.70. The highest BCUT2D eigenvalue weighted by molar-refractivity contribution is 5.89. The number of carboxylic acid groups (broad SMARTS) is 1. The quantitative estimate of drug-likeness (QED) is 0.925. The molecule has 2 rings (SSSR count). The Balaban J connectivity index is 2.27. The molecule has 0 aliphatic heterocycles. The molecule has 0 bridgehead atoms. The summed E-state index contributed by atoms with van der Waals surface area (Å²) in [6.45, 7) is 0.0833. The van der Waals surface area contributed by atoms with Crippen molar-refractivity contribution in [3.8, 4) is 11.1 Å². The molecule has 0 aliphatic carbocycles. The summed E-state index contributed by atoms with van der Waals surface area (Å²) in [4.78, 5) is 24.0. The summed E-state index contributed by atoms with van der Waals surface area (Å²) in [5.74, 6) is -2.24. The van der Waals surface area contributed by atoms with Crippen molar-refractivity contribution >= 4 is 11.9 Å². The van der Waals surface area contributed by atoms with Gasteiger partial charge >= 0.3 is 5.97 Å². The summed E-state index contributed by atoms with van der Waals surface area (Å²) >= 11 is 0. The summed E-state index contributed by atoms with van der Waals surface area (Å²) in [5.41, 5.74) is 0.742. The van der Waals surface area contributed by atoms with Crippen LogP contribution in [-0.4, -0.2) is 45.8 Å². The Kier molecular flexibility index (Phi) is 4.02. The topological polar surface area (TPSA) is 75.4 Å². The maximum absolute atomic E-state index is 13.4. The smallest absolute Gasteiger partial charge is 0.338 e. The highest BCUT2D eigenvalue weighted by Gasteiger charge is 2.13. The van der Waals surface area contributed by atoms with E-state index in [2.05, 4.69) is 5.10 Å². The average Bonchev–Trinajstić information content (AvgIpc) is 2.87. The van der Waals surface area contributed by atoms with Gasteiger partial charge in [-0.15, -0.1) is 0 Å². The van der Waals surface area contributed by atoms with Gasteiger partial charge in [-0.1, -0.05) is 6.07 Å². The number of rotatable bonds is 4. The lowest BCUT2D eigenvalue weighted by atomic mass is 10.1. The van der Waals surface area contributed by atoms with Gasteiger partial charge in [0.15, 0.2) is 0 Å². The van der Waals surface area contributed by atoms with Gasteiger partial charge in [-0.05, 0) is 17.7 Å². The molecule has 0 saturated heterocycles. The van der Waals surface area contributed by atoms with Gasteiger partial charge in [0.2, 0.25) is 5.91 Å². The molecule has 0 unspecified atom stereocenters. The summed E-state index contributed by atoms with van der Waals surface area (Å²) in [7, 11) is 3.29. The van der Waals surface area contributed by atoms with E-state index < -0.39 is 17.3 Å². The summed E-state index contributed by atoms with van der Waals surface area (Å²) < 4.78 is 14.8. The van der Waals surface area contributed by atoms with Crippen LogP contribution in [0.2, 0.25) is 0 Å². The Morgan fingerprint density at radius 2 is 2.05 bits per heavy atom. The van der Waals surface area contributed by atoms with Gasteiger partial charge < -0.3 is 10.0 Å². The fourth-order valence-corrected chi connectivity index (χ4v) is 1.75. The van der Waals surface area contributed by atoms with Crippen LogP contribution in [0.25, 0.3) is 11.1 Å². The van der Waals surface area contributed by atoms with Gasteiger partial charge in [0.25, 0.3) is 0 Å². The number of likely N-dealkylation sites (N-methyl/N-ethyl adjacent to an activating group) is 1. The van der Waals surface area contributed by atoms with Crippen LogP contribution in [-0.2, 0) is 11.3 Å². The van der Waals surface area contributed by atoms with Crippen LogP contribution in [0, 0.1) is 5.82 Å². The number of nitrogens with zero attached hydrogens (tertiary/aromatic N) is 3. The van der Waals surface area contributed by atoms with Crippen molar-refractivity contribution in [2.24, 2.45) is 0 Å². The number of hydrogen-bond acceptors (Lipinski definition) is 3. The number of halogens is 1. The third kappa shape index (κ3) is 3.25. The van der Waals surface area contributed by atoms with E-state index in [-0.39, 0.29) is 12.5 Å². The molecule has 7 heteroatoms. The third-order valence-corrected chi connectivity index (χ3v) is 2.96. The van der Waals surface area contributed by atoms with Crippen molar-refractivity contribution in [1.29, 1.82) is 0 Å². The van der Waals surface area contributed by atoms with Crippen molar-refractivity contribution in [2.75, 3.05) is 14.1 Å². The van der Waals surface area contributed by atoms with E-state index in [1.807, 2.05) is 0 Å². The monoisotopic (exact) mass is 291 g/mol. The van der Waals surface area contributed by atoms with Crippen molar-refractivity contribution in [3.63, 3.8) is 0 Å². The molecule has 6 nitrogen and oxygen atoms in total. The molecule has 110 valence electrons. The Morgan fingerprint density at radius 3 is 2.67 bits per heavy atom. The Bertz CT molecular complexity index is 695. The lowest BCUT2D eigenvalue weighted by Gasteiger charge is -2.09. The highest BCUT2D eigenvalue weighted by Crippen LogP contribution is 2.21. The van der Waals surface area contributed by atoms with E-state index in [0.717, 1.165) is 6.07 Å². The molecular weight excluding hydrogens is 277 g/mol. The lowest BCUT2D eigenvalue weighted by molar-refractivity contribution is -0.129. The van der Waals surface area contributed by atoms with Gasteiger partial charge in [-0.3, -0.25) is 9.48 Å². The first-order chi connectivity index (χ1) is 9.88. The summed E-state index contributed by atoms with van der Waals surface area (Å²) in [6, 6.07) is 3.81. The van der Waals surface area contributed by atoms with E-state index >= 15 is 0 Å². The van der Waals surface area contributed by atoms with Gasteiger partial charge in [0.1, 0.15) is 12.4 Å². The second kappa shape index (κ2) is 5.74. The molecule has 0 spiro atoms. The van der Waals surface area contributed by atoms with Crippen molar-refractivity contribution < 1.29 is 19.1 Å². The maximum atomic E-state index is 13.4. The minimum atomic E-state index is -1.33. The zero-order valence-corrected chi connectivity index (χ0v) is 11.6. The first-order valence-electron chi connectivity index (χ1n) is 6.14. The zero-order valence-electron chi connectivity index (χ0n) is 11.6. The number of carboxylic acids is 1. The largest absolute Gasteiger partial charge is 0.478 e. The highest BCUT2D eigenvalue weighted by atomic mass is 19.1. The molecule has 2 aromatic rings. The molecule has 1 heterocycles. The van der Waals surface area contributed by atoms with Crippen LogP contribution in [0.15, 0.2) is 30.6 Å². The van der Waals surface area contributed by atoms with Crippen molar-refractivity contribution in [1.82, 2.24) is 14.7 Å². The Labute approximate surface area is 120 Å². The van der Waals surface area contributed by atoms with E-state index in [1.165, 1.54) is 27.9 Å². The number of hydrogen-bond donors (Lipinski definition) is 1. The molecule has 1 aromatic carbocycles. The van der Waals surface area contributed by atoms with E-state index in [9.17, 15) is 14.0 Å². The predicted molar refractivity (Wildman–Crippen MR) is 73.3 cm³/mol. The van der Waals surface area contributed by atoms with Crippen molar-refractivity contribution in [3.05, 3.63) is 42.0 Å². The van der Waals surface area contributed by atoms with Crippen LogP contribution in [0.3, 0.4) is 0 Å². The Morgan fingerprint density at radius 1 is 1.33 bits per heavy atom. The second-order valence-electron chi connectivity index (χ2n) is 4.71. The molecule has 0 atom stereocenters.